The van der Waals surface area contributed by atoms with Crippen molar-refractivity contribution in [3.63, 3.8) is 0 Å². The summed E-state index contributed by atoms with van der Waals surface area (Å²) in [6.45, 7) is 0.411. The van der Waals surface area contributed by atoms with Crippen molar-refractivity contribution in [3.05, 3.63) is 41.6 Å². The molecule has 4 N–H and O–H groups in total. The highest BCUT2D eigenvalue weighted by Crippen LogP contribution is 2.19. The fourth-order valence-corrected chi connectivity index (χ4v) is 3.71. The number of rotatable bonds is 4. The number of amides is 2. The lowest BCUT2D eigenvalue weighted by atomic mass is 10.1. The number of anilines is 2. The topological polar surface area (TPSA) is 138 Å². The molecule has 2 aromatic rings. The van der Waals surface area contributed by atoms with Gasteiger partial charge in [0.15, 0.2) is 9.84 Å². The van der Waals surface area contributed by atoms with Crippen LogP contribution >= 0.6 is 0 Å². The summed E-state index contributed by atoms with van der Waals surface area (Å²) in [5, 5.41) is 9.37. The summed E-state index contributed by atoms with van der Waals surface area (Å²) in [7, 11) is -3.03. The minimum absolute atomic E-state index is 0.00586. The number of nitrogens with one attached hydrogen (secondary N) is 2. The molecule has 10 heteroatoms. The molecule has 0 atom stereocenters. The van der Waals surface area contributed by atoms with Gasteiger partial charge in [0.05, 0.1) is 17.7 Å². The molecule has 9 nitrogen and oxygen atoms in total. The molecule has 1 aliphatic heterocycles. The van der Waals surface area contributed by atoms with Gasteiger partial charge in [-0.15, -0.1) is 0 Å². The first-order chi connectivity index (χ1) is 11.9. The predicted molar refractivity (Wildman–Crippen MR) is 91.4 cm³/mol. The average Bonchev–Trinajstić information content (AvgIpc) is 3.03. The van der Waals surface area contributed by atoms with Gasteiger partial charge in [0.1, 0.15) is 11.4 Å². The number of carbonyl (C=O) groups excluding carboxylic acids is 2. The largest absolute Gasteiger partial charge is 0.365 e. The van der Waals surface area contributed by atoms with E-state index in [1.54, 1.807) is 24.3 Å². The molecule has 0 unspecified atom stereocenters. The average molecular weight is 363 g/mol. The Balaban J connectivity index is 1.69. The standard InChI is InChI=1S/C15H17N5O4S/c16-13(21)12-9-17-19-14(12)18-11-3-1-10(2-4-11)15(22)20-5-7-25(23,24)8-6-20/h1-4,9H,5-8H2,(H2,16,21)(H2,17,18,19). The molecule has 0 radical (unpaired) electrons. The lowest BCUT2D eigenvalue weighted by molar-refractivity contribution is 0.0770. The van der Waals surface area contributed by atoms with Crippen LogP contribution in [-0.2, 0) is 9.84 Å². The molecular formula is C15H17N5O4S. The van der Waals surface area contributed by atoms with Crippen LogP contribution in [0.1, 0.15) is 20.7 Å². The fraction of sp³-hybridized carbons (Fsp3) is 0.267. The summed E-state index contributed by atoms with van der Waals surface area (Å²) in [6.07, 6.45) is 1.33. The van der Waals surface area contributed by atoms with Gasteiger partial charge < -0.3 is 16.0 Å². The molecule has 2 heterocycles. The summed E-state index contributed by atoms with van der Waals surface area (Å²) in [5.74, 6) is -0.459. The summed E-state index contributed by atoms with van der Waals surface area (Å²) >= 11 is 0. The second-order valence-electron chi connectivity index (χ2n) is 5.67. The molecule has 25 heavy (non-hydrogen) atoms. The van der Waals surface area contributed by atoms with E-state index in [9.17, 15) is 18.0 Å². The van der Waals surface area contributed by atoms with Crippen LogP contribution in [0.4, 0.5) is 11.5 Å². The third kappa shape index (κ3) is 3.79. The number of aromatic nitrogens is 2. The molecular weight excluding hydrogens is 346 g/mol. The number of hydrogen-bond acceptors (Lipinski definition) is 6. The Bertz CT molecular complexity index is 890. The third-order valence-electron chi connectivity index (χ3n) is 3.94. The van der Waals surface area contributed by atoms with Gasteiger partial charge in [0.25, 0.3) is 11.8 Å². The third-order valence-corrected chi connectivity index (χ3v) is 5.55. The van der Waals surface area contributed by atoms with Gasteiger partial charge in [0, 0.05) is 24.3 Å². The zero-order valence-electron chi connectivity index (χ0n) is 13.2. The maximum atomic E-state index is 12.4. The summed E-state index contributed by atoms with van der Waals surface area (Å²) in [5.41, 5.74) is 6.58. The van der Waals surface area contributed by atoms with Crippen molar-refractivity contribution < 1.29 is 18.0 Å². The van der Waals surface area contributed by atoms with Crippen LogP contribution in [0.3, 0.4) is 0 Å². The second-order valence-corrected chi connectivity index (χ2v) is 7.97. The number of hydrogen-bond donors (Lipinski definition) is 3. The zero-order valence-corrected chi connectivity index (χ0v) is 14.0. The minimum atomic E-state index is -3.03. The van der Waals surface area contributed by atoms with E-state index in [0.717, 1.165) is 0 Å². The Kier molecular flexibility index (Phi) is 4.45. The Labute approximate surface area is 144 Å². The highest BCUT2D eigenvalue weighted by Gasteiger charge is 2.25. The SMILES string of the molecule is NC(=O)c1cn[nH]c1Nc1ccc(C(=O)N2CCS(=O)(=O)CC2)cc1. The number of nitrogens with zero attached hydrogens (tertiary/aromatic N) is 2. The van der Waals surface area contributed by atoms with Crippen molar-refractivity contribution in [3.8, 4) is 0 Å². The Hall–Kier alpha value is -2.88. The summed E-state index contributed by atoms with van der Waals surface area (Å²) in [6, 6.07) is 6.63. The molecule has 0 aliphatic carbocycles. The quantitative estimate of drug-likeness (QED) is 0.705. The molecule has 1 aromatic carbocycles. The Morgan fingerprint density at radius 3 is 2.40 bits per heavy atom. The zero-order chi connectivity index (χ0) is 18.0. The van der Waals surface area contributed by atoms with Crippen molar-refractivity contribution in [1.29, 1.82) is 0 Å². The first kappa shape index (κ1) is 17.0. The lowest BCUT2D eigenvalue weighted by Gasteiger charge is -2.26. The number of carbonyl (C=O) groups is 2. The maximum absolute atomic E-state index is 12.4. The first-order valence-electron chi connectivity index (χ1n) is 7.56. The van der Waals surface area contributed by atoms with E-state index < -0.39 is 15.7 Å². The number of primary amides is 1. The van der Waals surface area contributed by atoms with E-state index in [4.69, 9.17) is 5.73 Å². The van der Waals surface area contributed by atoms with Gasteiger partial charge in [-0.3, -0.25) is 14.7 Å². The Morgan fingerprint density at radius 2 is 1.80 bits per heavy atom. The molecule has 1 aromatic heterocycles. The monoisotopic (exact) mass is 363 g/mol. The van der Waals surface area contributed by atoms with Gasteiger partial charge in [0.2, 0.25) is 0 Å². The molecule has 132 valence electrons. The van der Waals surface area contributed by atoms with Crippen molar-refractivity contribution in [2.45, 2.75) is 0 Å². The predicted octanol–water partition coefficient (Wildman–Crippen LogP) is 0.123. The highest BCUT2D eigenvalue weighted by molar-refractivity contribution is 7.91. The molecule has 1 fully saturated rings. The number of aromatic amines is 1. The van der Waals surface area contributed by atoms with Crippen LogP contribution in [-0.4, -0.2) is 59.9 Å². The van der Waals surface area contributed by atoms with Gasteiger partial charge >= 0.3 is 0 Å². The lowest BCUT2D eigenvalue weighted by Crippen LogP contribution is -2.43. The van der Waals surface area contributed by atoms with Crippen LogP contribution in [0.25, 0.3) is 0 Å². The van der Waals surface area contributed by atoms with Crippen LogP contribution in [0.5, 0.6) is 0 Å². The van der Waals surface area contributed by atoms with E-state index in [-0.39, 0.29) is 36.1 Å². The minimum Gasteiger partial charge on any atom is -0.365 e. The first-order valence-corrected chi connectivity index (χ1v) is 9.38. The van der Waals surface area contributed by atoms with E-state index >= 15 is 0 Å². The van der Waals surface area contributed by atoms with Crippen molar-refractivity contribution in [1.82, 2.24) is 15.1 Å². The number of nitrogens with two attached hydrogens (primary N) is 1. The van der Waals surface area contributed by atoms with E-state index in [1.165, 1.54) is 11.1 Å². The van der Waals surface area contributed by atoms with Crippen LogP contribution in [0, 0.1) is 0 Å². The van der Waals surface area contributed by atoms with Crippen LogP contribution in [0.15, 0.2) is 30.5 Å². The van der Waals surface area contributed by atoms with Crippen LogP contribution in [0.2, 0.25) is 0 Å². The van der Waals surface area contributed by atoms with Gasteiger partial charge in [-0.1, -0.05) is 0 Å². The molecule has 2 amide bonds. The highest BCUT2D eigenvalue weighted by atomic mass is 32.2. The molecule has 3 rings (SSSR count). The smallest absolute Gasteiger partial charge is 0.254 e. The van der Waals surface area contributed by atoms with Crippen molar-refractivity contribution in [2.75, 3.05) is 29.9 Å². The normalized spacial score (nSPS) is 16.4. The molecule has 0 bridgehead atoms. The maximum Gasteiger partial charge on any atom is 0.254 e. The van der Waals surface area contributed by atoms with E-state index in [1.807, 2.05) is 0 Å². The number of sulfone groups is 1. The summed E-state index contributed by atoms with van der Waals surface area (Å²) < 4.78 is 22.9. The fourth-order valence-electron chi connectivity index (χ4n) is 2.51. The van der Waals surface area contributed by atoms with Crippen molar-refractivity contribution in [2.24, 2.45) is 5.73 Å². The Morgan fingerprint density at radius 1 is 1.16 bits per heavy atom. The number of H-pyrrole nitrogens is 1. The second kappa shape index (κ2) is 6.55. The molecule has 1 saturated heterocycles. The summed E-state index contributed by atoms with van der Waals surface area (Å²) in [4.78, 5) is 25.2. The van der Waals surface area contributed by atoms with Gasteiger partial charge in [-0.2, -0.15) is 5.10 Å². The van der Waals surface area contributed by atoms with E-state index in [2.05, 4.69) is 15.5 Å². The van der Waals surface area contributed by atoms with Crippen LogP contribution < -0.4 is 11.1 Å². The van der Waals surface area contributed by atoms with E-state index in [0.29, 0.717) is 17.1 Å². The molecule has 0 saturated carbocycles. The molecule has 1 aliphatic rings. The number of benzene rings is 1. The molecule has 0 spiro atoms. The van der Waals surface area contributed by atoms with Gasteiger partial charge in [-0.05, 0) is 24.3 Å². The van der Waals surface area contributed by atoms with Gasteiger partial charge in [-0.25, -0.2) is 8.42 Å². The van der Waals surface area contributed by atoms with Crippen molar-refractivity contribution >= 4 is 33.2 Å².